The van der Waals surface area contributed by atoms with Crippen LogP contribution in [-0.4, -0.2) is 16.1 Å². The highest BCUT2D eigenvalue weighted by molar-refractivity contribution is 5.77. The average Bonchev–Trinajstić information content (AvgIpc) is 2.67. The molecule has 104 valence electrons. The Balaban J connectivity index is 2.57. The summed E-state index contributed by atoms with van der Waals surface area (Å²) >= 11 is 0. The molecule has 1 unspecified atom stereocenters. The van der Waals surface area contributed by atoms with Crippen molar-refractivity contribution in [2.45, 2.75) is 25.4 Å². The lowest BCUT2D eigenvalue weighted by Gasteiger charge is -2.11. The lowest BCUT2D eigenvalue weighted by Crippen LogP contribution is -2.15. The van der Waals surface area contributed by atoms with E-state index in [-0.39, 0.29) is 5.92 Å². The van der Waals surface area contributed by atoms with Crippen LogP contribution in [0.1, 0.15) is 30.7 Å². The number of alkyl halides is 3. The van der Waals surface area contributed by atoms with Crippen LogP contribution >= 0.6 is 0 Å². The summed E-state index contributed by atoms with van der Waals surface area (Å²) in [5, 5.41) is 0. The Kier molecular flexibility index (Phi) is 3.54. The fourth-order valence-corrected chi connectivity index (χ4v) is 2.21. The minimum atomic E-state index is -4.34. The zero-order valence-corrected chi connectivity index (χ0v) is 10.8. The van der Waals surface area contributed by atoms with Gasteiger partial charge >= 0.3 is 6.18 Å². The highest BCUT2D eigenvalue weighted by Crippen LogP contribution is 2.32. The van der Waals surface area contributed by atoms with Gasteiger partial charge in [-0.3, -0.25) is 0 Å². The first-order valence-corrected chi connectivity index (χ1v) is 6.12. The van der Waals surface area contributed by atoms with E-state index >= 15 is 0 Å². The van der Waals surface area contributed by atoms with E-state index < -0.39 is 11.7 Å². The molecule has 19 heavy (non-hydrogen) atoms. The van der Waals surface area contributed by atoms with Gasteiger partial charge in [0.05, 0.1) is 16.6 Å². The Morgan fingerprint density at radius 1 is 1.37 bits per heavy atom. The number of nitrogens with zero attached hydrogens (tertiary/aromatic N) is 2. The SMILES string of the molecule is CCC(CN)c1nc2cc(C(F)(F)F)ccc2n1C. The molecule has 0 saturated carbocycles. The number of hydrogen-bond donors (Lipinski definition) is 1. The predicted molar refractivity (Wildman–Crippen MR) is 67.8 cm³/mol. The number of fused-ring (bicyclic) bond motifs is 1. The summed E-state index contributed by atoms with van der Waals surface area (Å²) in [6.45, 7) is 2.41. The van der Waals surface area contributed by atoms with Crippen LogP contribution in [0.5, 0.6) is 0 Å². The van der Waals surface area contributed by atoms with Crippen molar-refractivity contribution in [3.8, 4) is 0 Å². The van der Waals surface area contributed by atoms with E-state index in [2.05, 4.69) is 4.98 Å². The van der Waals surface area contributed by atoms with Crippen molar-refractivity contribution in [2.75, 3.05) is 6.54 Å². The predicted octanol–water partition coefficient (Wildman–Crippen LogP) is 3.04. The maximum absolute atomic E-state index is 12.7. The molecule has 6 heteroatoms. The molecule has 2 aromatic rings. The Hall–Kier alpha value is -1.56. The van der Waals surface area contributed by atoms with Crippen LogP contribution in [0.3, 0.4) is 0 Å². The van der Waals surface area contributed by atoms with Gasteiger partial charge in [0.1, 0.15) is 5.82 Å². The molecule has 0 fully saturated rings. The molecule has 2 N–H and O–H groups in total. The zero-order valence-electron chi connectivity index (χ0n) is 10.8. The van der Waals surface area contributed by atoms with Gasteiger partial charge in [-0.1, -0.05) is 6.92 Å². The van der Waals surface area contributed by atoms with Crippen LogP contribution in [0.2, 0.25) is 0 Å². The minimum Gasteiger partial charge on any atom is -0.331 e. The number of nitrogens with two attached hydrogens (primary N) is 1. The molecular formula is C13H16F3N3. The molecule has 1 aromatic heterocycles. The topological polar surface area (TPSA) is 43.8 Å². The van der Waals surface area contributed by atoms with Crippen molar-refractivity contribution in [1.29, 1.82) is 0 Å². The minimum absolute atomic E-state index is 0.0618. The van der Waals surface area contributed by atoms with E-state index in [9.17, 15) is 13.2 Å². The van der Waals surface area contributed by atoms with Crippen molar-refractivity contribution in [3.05, 3.63) is 29.6 Å². The Morgan fingerprint density at radius 3 is 2.58 bits per heavy atom. The first-order valence-electron chi connectivity index (χ1n) is 6.12. The standard InChI is InChI=1S/C13H16F3N3/c1-3-8(7-17)12-18-10-6-9(13(14,15)16)4-5-11(10)19(12)2/h4-6,8H,3,7,17H2,1-2H3. The third kappa shape index (κ3) is 2.45. The van der Waals surface area contributed by atoms with E-state index in [4.69, 9.17) is 5.73 Å². The number of aromatic nitrogens is 2. The number of hydrogen-bond acceptors (Lipinski definition) is 2. The van der Waals surface area contributed by atoms with Crippen LogP contribution in [0.25, 0.3) is 11.0 Å². The maximum atomic E-state index is 12.7. The normalized spacial score (nSPS) is 14.0. The monoisotopic (exact) mass is 271 g/mol. The quantitative estimate of drug-likeness (QED) is 0.932. The molecular weight excluding hydrogens is 255 g/mol. The summed E-state index contributed by atoms with van der Waals surface area (Å²) in [4.78, 5) is 4.31. The van der Waals surface area contributed by atoms with Gasteiger partial charge in [0.2, 0.25) is 0 Å². The molecule has 0 aliphatic rings. The summed E-state index contributed by atoms with van der Waals surface area (Å²) < 4.78 is 39.8. The van der Waals surface area contributed by atoms with E-state index in [0.29, 0.717) is 17.6 Å². The van der Waals surface area contributed by atoms with E-state index in [1.807, 2.05) is 11.5 Å². The van der Waals surface area contributed by atoms with E-state index in [1.165, 1.54) is 6.07 Å². The number of imidazole rings is 1. The second-order valence-electron chi connectivity index (χ2n) is 4.57. The lowest BCUT2D eigenvalue weighted by atomic mass is 10.1. The Labute approximate surface area is 109 Å². The summed E-state index contributed by atoms with van der Waals surface area (Å²) in [7, 11) is 1.80. The van der Waals surface area contributed by atoms with Crippen molar-refractivity contribution in [1.82, 2.24) is 9.55 Å². The highest BCUT2D eigenvalue weighted by Gasteiger charge is 2.31. The second kappa shape index (κ2) is 4.85. The van der Waals surface area contributed by atoms with Gasteiger partial charge in [0, 0.05) is 19.5 Å². The third-order valence-corrected chi connectivity index (χ3v) is 3.39. The van der Waals surface area contributed by atoms with Gasteiger partial charge in [-0.15, -0.1) is 0 Å². The number of aryl methyl sites for hydroxylation is 1. The van der Waals surface area contributed by atoms with Crippen LogP contribution < -0.4 is 5.73 Å². The zero-order chi connectivity index (χ0) is 14.2. The second-order valence-corrected chi connectivity index (χ2v) is 4.57. The number of halogens is 3. The summed E-state index contributed by atoms with van der Waals surface area (Å²) in [6.07, 6.45) is -3.54. The van der Waals surface area contributed by atoms with Gasteiger partial charge in [-0.05, 0) is 24.6 Å². The molecule has 0 saturated heterocycles. The molecule has 1 atom stereocenters. The fraction of sp³-hybridized carbons (Fsp3) is 0.462. The van der Waals surface area contributed by atoms with Crippen LogP contribution in [0.4, 0.5) is 13.2 Å². The molecule has 3 nitrogen and oxygen atoms in total. The summed E-state index contributed by atoms with van der Waals surface area (Å²) in [5.41, 5.74) is 6.05. The molecule has 1 heterocycles. The molecule has 0 aliphatic carbocycles. The first kappa shape index (κ1) is 13.9. The first-order chi connectivity index (χ1) is 8.88. The molecule has 0 aliphatic heterocycles. The molecule has 0 amide bonds. The van der Waals surface area contributed by atoms with Gasteiger partial charge < -0.3 is 10.3 Å². The molecule has 2 rings (SSSR count). The van der Waals surface area contributed by atoms with Gasteiger partial charge in [0.15, 0.2) is 0 Å². The summed E-state index contributed by atoms with van der Waals surface area (Å²) in [6, 6.07) is 3.62. The smallest absolute Gasteiger partial charge is 0.331 e. The van der Waals surface area contributed by atoms with Crippen molar-refractivity contribution in [3.63, 3.8) is 0 Å². The summed E-state index contributed by atoms with van der Waals surface area (Å²) in [5.74, 6) is 0.797. The van der Waals surface area contributed by atoms with E-state index in [1.54, 1.807) is 7.05 Å². The van der Waals surface area contributed by atoms with Crippen molar-refractivity contribution < 1.29 is 13.2 Å². The van der Waals surface area contributed by atoms with Gasteiger partial charge in [-0.25, -0.2) is 4.98 Å². The highest BCUT2D eigenvalue weighted by atomic mass is 19.4. The van der Waals surface area contributed by atoms with Gasteiger partial charge in [0.25, 0.3) is 0 Å². The number of rotatable bonds is 3. The molecule has 0 radical (unpaired) electrons. The Bertz CT molecular complexity index is 583. The van der Waals surface area contributed by atoms with Crippen LogP contribution in [0.15, 0.2) is 18.2 Å². The van der Waals surface area contributed by atoms with Crippen molar-refractivity contribution >= 4 is 11.0 Å². The third-order valence-electron chi connectivity index (χ3n) is 3.39. The van der Waals surface area contributed by atoms with Crippen LogP contribution in [-0.2, 0) is 13.2 Å². The van der Waals surface area contributed by atoms with Gasteiger partial charge in [-0.2, -0.15) is 13.2 Å². The molecule has 1 aromatic carbocycles. The lowest BCUT2D eigenvalue weighted by molar-refractivity contribution is -0.137. The largest absolute Gasteiger partial charge is 0.416 e. The van der Waals surface area contributed by atoms with Crippen LogP contribution in [0, 0.1) is 0 Å². The molecule has 0 spiro atoms. The Morgan fingerprint density at radius 2 is 2.05 bits per heavy atom. The molecule has 0 bridgehead atoms. The average molecular weight is 271 g/mol. The number of benzene rings is 1. The fourth-order valence-electron chi connectivity index (χ4n) is 2.21. The van der Waals surface area contributed by atoms with Crippen molar-refractivity contribution in [2.24, 2.45) is 12.8 Å². The maximum Gasteiger partial charge on any atom is 0.416 e. The van der Waals surface area contributed by atoms with E-state index in [0.717, 1.165) is 24.4 Å².